The van der Waals surface area contributed by atoms with Gasteiger partial charge >= 0.3 is 115 Å². The fourth-order valence-corrected chi connectivity index (χ4v) is 2.56. The van der Waals surface area contributed by atoms with Crippen LogP contribution < -0.4 is 21.2 Å². The van der Waals surface area contributed by atoms with E-state index in [2.05, 4.69) is 42.2 Å². The third-order valence-corrected chi connectivity index (χ3v) is 3.90. The number of hydrogen-bond acceptors (Lipinski definition) is 1. The summed E-state index contributed by atoms with van der Waals surface area (Å²) in [4.78, 5) is 2.13. The Morgan fingerprint density at radius 3 is 2.35 bits per heavy atom. The molecule has 0 heterocycles. The van der Waals surface area contributed by atoms with Gasteiger partial charge in [0.2, 0.25) is 0 Å². The van der Waals surface area contributed by atoms with Crippen LogP contribution in [0.15, 0.2) is 45.8 Å². The van der Waals surface area contributed by atoms with Crippen LogP contribution in [0.1, 0.15) is 25.0 Å². The summed E-state index contributed by atoms with van der Waals surface area (Å²) in [6.45, 7) is 4.13. The fraction of sp³-hybridized carbons (Fsp3) is 0.333. The Balaban J connectivity index is 2.65. The van der Waals surface area contributed by atoms with Gasteiger partial charge in [-0.05, 0) is 0 Å². The van der Waals surface area contributed by atoms with Crippen LogP contribution in [-0.4, -0.2) is 10.0 Å². The van der Waals surface area contributed by atoms with E-state index in [9.17, 15) is 5.11 Å². The van der Waals surface area contributed by atoms with Crippen LogP contribution in [0.4, 0.5) is 0 Å². The van der Waals surface area contributed by atoms with Gasteiger partial charge in [-0.3, -0.25) is 0 Å². The minimum absolute atomic E-state index is 0.00731. The monoisotopic (exact) mass is 343 g/mol. The second-order valence-electron chi connectivity index (χ2n) is 3.97. The molecule has 0 bridgehead atoms. The molecule has 2 heteroatoms. The molecule has 0 spiro atoms. The van der Waals surface area contributed by atoms with E-state index in [0.29, 0.717) is 5.76 Å². The maximum absolute atomic E-state index is 9.70. The van der Waals surface area contributed by atoms with Crippen molar-refractivity contribution in [1.29, 1.82) is 0 Å². The normalized spacial score (nSPS) is 13.1. The van der Waals surface area contributed by atoms with Crippen molar-refractivity contribution in [2.24, 2.45) is 0 Å². The summed E-state index contributed by atoms with van der Waals surface area (Å²) >= 11 is 0.00731. The van der Waals surface area contributed by atoms with E-state index in [4.69, 9.17) is 0 Å². The number of halogens is 1. The Morgan fingerprint density at radius 1 is 1.24 bits per heavy atom. The van der Waals surface area contributed by atoms with Crippen LogP contribution in [0.3, 0.4) is 0 Å². The standard InChI is InChI=1S/C15H20IO/c1-4-13-7-9-14(10-8-13)6-5-12(2)15(17)11-16-3/h5,7-11,17H,4,6H2,1-3H3/q-1/b12-5-,15-11+. The minimum atomic E-state index is 0.00731. The summed E-state index contributed by atoms with van der Waals surface area (Å²) in [5.74, 6) is 0.450. The first-order valence-corrected chi connectivity index (χ1v) is 9.19. The maximum atomic E-state index is 9.70. The van der Waals surface area contributed by atoms with Crippen LogP contribution in [0.25, 0.3) is 0 Å². The summed E-state index contributed by atoms with van der Waals surface area (Å²) in [6.07, 6.45) is 4.06. The molecule has 0 saturated carbocycles. The first-order chi connectivity index (χ1) is 8.17. The molecule has 94 valence electrons. The molecule has 0 atom stereocenters. The SMILES string of the molecule is CCc1ccc(C/C=C(C)\C(O)=C/[I-]C)cc1. The molecule has 1 aromatic carbocycles. The molecule has 1 rings (SSSR count). The molecule has 0 aliphatic rings. The Labute approximate surface area is 115 Å². The predicted molar refractivity (Wildman–Crippen MR) is 69.9 cm³/mol. The van der Waals surface area contributed by atoms with Crippen molar-refractivity contribution >= 4 is 0 Å². The Hall–Kier alpha value is -0.770. The van der Waals surface area contributed by atoms with E-state index >= 15 is 0 Å². The van der Waals surface area contributed by atoms with E-state index in [1.807, 2.05) is 11.0 Å². The molecule has 0 aromatic heterocycles. The van der Waals surface area contributed by atoms with E-state index < -0.39 is 0 Å². The van der Waals surface area contributed by atoms with Gasteiger partial charge in [0, 0.05) is 0 Å². The van der Waals surface area contributed by atoms with Crippen LogP contribution in [0.2, 0.25) is 0 Å². The molecular formula is C15H20IO-. The molecule has 0 aliphatic carbocycles. The molecule has 0 aliphatic heterocycles. The third kappa shape index (κ3) is 4.94. The Kier molecular flexibility index (Phi) is 6.34. The number of allylic oxidation sites excluding steroid dienone is 2. The summed E-state index contributed by atoms with van der Waals surface area (Å²) in [5, 5.41) is 9.70. The van der Waals surface area contributed by atoms with Crippen molar-refractivity contribution in [2.75, 3.05) is 4.93 Å². The number of aryl methyl sites for hydroxylation is 1. The summed E-state index contributed by atoms with van der Waals surface area (Å²) < 4.78 is 1.95. The fourth-order valence-electron chi connectivity index (χ4n) is 1.48. The molecule has 1 N–H and O–H groups in total. The molecular weight excluding hydrogens is 323 g/mol. The van der Waals surface area contributed by atoms with Crippen molar-refractivity contribution in [3.8, 4) is 0 Å². The molecule has 0 amide bonds. The first kappa shape index (κ1) is 14.3. The third-order valence-electron chi connectivity index (χ3n) is 2.69. The molecule has 1 aromatic rings. The zero-order valence-electron chi connectivity index (χ0n) is 10.7. The molecule has 0 radical (unpaired) electrons. The zero-order valence-corrected chi connectivity index (χ0v) is 12.9. The number of aliphatic hydroxyl groups is 1. The molecule has 0 fully saturated rings. The number of hydrogen-bond donors (Lipinski definition) is 1. The quantitative estimate of drug-likeness (QED) is 0.364. The first-order valence-electron chi connectivity index (χ1n) is 5.79. The van der Waals surface area contributed by atoms with E-state index in [0.717, 1.165) is 18.4 Å². The van der Waals surface area contributed by atoms with Gasteiger partial charge in [-0.1, -0.05) is 0 Å². The van der Waals surface area contributed by atoms with Crippen molar-refractivity contribution in [1.82, 2.24) is 0 Å². The predicted octanol–water partition coefficient (Wildman–Crippen LogP) is 0.856. The summed E-state index contributed by atoms with van der Waals surface area (Å²) in [5.41, 5.74) is 3.64. The second-order valence-corrected chi connectivity index (χ2v) is 5.84. The Morgan fingerprint density at radius 2 is 1.82 bits per heavy atom. The average molecular weight is 343 g/mol. The van der Waals surface area contributed by atoms with Gasteiger partial charge in [0.05, 0.1) is 0 Å². The number of benzene rings is 1. The van der Waals surface area contributed by atoms with Gasteiger partial charge < -0.3 is 0 Å². The van der Waals surface area contributed by atoms with Crippen molar-refractivity contribution < 1.29 is 26.3 Å². The molecule has 1 nitrogen and oxygen atoms in total. The van der Waals surface area contributed by atoms with Crippen LogP contribution in [0, 0.1) is 0 Å². The van der Waals surface area contributed by atoms with Gasteiger partial charge in [-0.2, -0.15) is 0 Å². The van der Waals surface area contributed by atoms with Crippen molar-refractivity contribution in [3.05, 3.63) is 56.9 Å². The van der Waals surface area contributed by atoms with Crippen molar-refractivity contribution in [2.45, 2.75) is 26.7 Å². The van der Waals surface area contributed by atoms with Crippen molar-refractivity contribution in [3.63, 3.8) is 0 Å². The van der Waals surface area contributed by atoms with E-state index in [1.165, 1.54) is 11.1 Å². The number of aliphatic hydroxyl groups excluding tert-OH is 1. The molecule has 0 unspecified atom stereocenters. The molecule has 17 heavy (non-hydrogen) atoms. The topological polar surface area (TPSA) is 20.2 Å². The van der Waals surface area contributed by atoms with Gasteiger partial charge in [0.25, 0.3) is 0 Å². The van der Waals surface area contributed by atoms with Crippen LogP contribution in [0.5, 0.6) is 0 Å². The van der Waals surface area contributed by atoms with Gasteiger partial charge in [-0.15, -0.1) is 0 Å². The van der Waals surface area contributed by atoms with Gasteiger partial charge in [0.15, 0.2) is 0 Å². The molecule has 0 saturated heterocycles. The Bertz CT molecular complexity index is 401. The van der Waals surface area contributed by atoms with Gasteiger partial charge in [-0.25, -0.2) is 0 Å². The summed E-state index contributed by atoms with van der Waals surface area (Å²) in [7, 11) is 0. The van der Waals surface area contributed by atoms with Crippen LogP contribution >= 0.6 is 0 Å². The van der Waals surface area contributed by atoms with E-state index in [-0.39, 0.29) is 21.2 Å². The summed E-state index contributed by atoms with van der Waals surface area (Å²) in [6, 6.07) is 8.67. The van der Waals surface area contributed by atoms with Gasteiger partial charge in [0.1, 0.15) is 0 Å². The van der Waals surface area contributed by atoms with E-state index in [1.54, 1.807) is 0 Å². The number of rotatable bonds is 5. The average Bonchev–Trinajstić information content (AvgIpc) is 2.36. The van der Waals surface area contributed by atoms with Crippen LogP contribution in [-0.2, 0) is 12.8 Å². The number of alkyl halides is 1. The zero-order chi connectivity index (χ0) is 12.7. The second kappa shape index (κ2) is 7.54.